The van der Waals surface area contributed by atoms with Gasteiger partial charge in [-0.1, -0.05) is 12.8 Å². The summed E-state index contributed by atoms with van der Waals surface area (Å²) in [5, 5.41) is 9.43. The first-order valence-electron chi connectivity index (χ1n) is 7.35. The van der Waals surface area contributed by atoms with E-state index in [4.69, 9.17) is 0 Å². The number of hydrogen-bond donors (Lipinski definition) is 0. The lowest BCUT2D eigenvalue weighted by Crippen LogP contribution is -2.36. The number of anilines is 1. The van der Waals surface area contributed by atoms with Gasteiger partial charge >= 0.3 is 0 Å². The number of aromatic nitrogens is 1. The molecule has 2 fully saturated rings. The van der Waals surface area contributed by atoms with Crippen LogP contribution in [0.5, 0.6) is 0 Å². The fraction of sp³-hybridized carbons (Fsp3) is 0.625. The van der Waals surface area contributed by atoms with Gasteiger partial charge in [0.1, 0.15) is 11.9 Å². The number of aryl methyl sites for hydroxylation is 2. The molecule has 1 aromatic rings. The van der Waals surface area contributed by atoms with E-state index in [-0.39, 0.29) is 0 Å². The van der Waals surface area contributed by atoms with E-state index in [1.54, 1.807) is 0 Å². The Bertz CT molecular complexity index is 530. The maximum absolute atomic E-state index is 9.43. The molecule has 1 aliphatic carbocycles. The summed E-state index contributed by atoms with van der Waals surface area (Å²) >= 11 is 0. The van der Waals surface area contributed by atoms with Crippen LogP contribution in [0, 0.1) is 31.1 Å². The van der Waals surface area contributed by atoms with Gasteiger partial charge in [-0.25, -0.2) is 4.98 Å². The monoisotopic (exact) mass is 255 g/mol. The molecule has 0 bridgehead atoms. The van der Waals surface area contributed by atoms with Crippen LogP contribution in [-0.2, 0) is 0 Å². The summed E-state index contributed by atoms with van der Waals surface area (Å²) in [7, 11) is 0. The van der Waals surface area contributed by atoms with Crippen molar-refractivity contribution >= 4 is 5.82 Å². The Hall–Kier alpha value is -1.56. The van der Waals surface area contributed by atoms with Crippen molar-refractivity contribution in [3.63, 3.8) is 0 Å². The fourth-order valence-electron chi connectivity index (χ4n) is 3.83. The second-order valence-corrected chi connectivity index (χ2v) is 5.98. The number of rotatable bonds is 1. The zero-order valence-electron chi connectivity index (χ0n) is 11.8. The molecule has 3 nitrogen and oxygen atoms in total. The van der Waals surface area contributed by atoms with Crippen LogP contribution < -0.4 is 4.90 Å². The van der Waals surface area contributed by atoms with Gasteiger partial charge < -0.3 is 4.90 Å². The Kier molecular flexibility index (Phi) is 3.18. The van der Waals surface area contributed by atoms with Crippen molar-refractivity contribution in [2.24, 2.45) is 5.92 Å². The highest BCUT2D eigenvalue weighted by Crippen LogP contribution is 2.39. The van der Waals surface area contributed by atoms with E-state index < -0.39 is 0 Å². The highest BCUT2D eigenvalue weighted by Gasteiger charge is 2.37. The molecule has 1 saturated carbocycles. The minimum absolute atomic E-state index is 0.620. The van der Waals surface area contributed by atoms with Crippen molar-refractivity contribution in [1.29, 1.82) is 5.26 Å². The SMILES string of the molecule is Cc1cc(C)c(C#N)c(N2CCC3CCCCC32)n1. The van der Waals surface area contributed by atoms with Crippen molar-refractivity contribution in [3.8, 4) is 6.07 Å². The molecule has 0 spiro atoms. The largest absolute Gasteiger partial charge is 0.352 e. The molecule has 0 radical (unpaired) electrons. The lowest BCUT2D eigenvalue weighted by molar-refractivity contribution is 0.341. The van der Waals surface area contributed by atoms with Gasteiger partial charge in [-0.05, 0) is 50.7 Å². The molecule has 1 aliphatic heterocycles. The molecule has 2 unspecified atom stereocenters. The normalized spacial score (nSPS) is 26.1. The van der Waals surface area contributed by atoms with Crippen LogP contribution in [0.4, 0.5) is 5.82 Å². The molecule has 2 aliphatic rings. The predicted molar refractivity (Wildman–Crippen MR) is 76.1 cm³/mol. The Morgan fingerprint density at radius 1 is 1.26 bits per heavy atom. The zero-order chi connectivity index (χ0) is 13.4. The van der Waals surface area contributed by atoms with Crippen molar-refractivity contribution < 1.29 is 0 Å². The summed E-state index contributed by atoms with van der Waals surface area (Å²) in [6.07, 6.45) is 6.59. The molecule has 1 aromatic heterocycles. The van der Waals surface area contributed by atoms with E-state index in [0.717, 1.165) is 35.1 Å². The van der Waals surface area contributed by atoms with E-state index in [0.29, 0.717) is 6.04 Å². The van der Waals surface area contributed by atoms with Gasteiger partial charge in [-0.3, -0.25) is 0 Å². The molecule has 0 aromatic carbocycles. The average molecular weight is 255 g/mol. The zero-order valence-corrected chi connectivity index (χ0v) is 11.8. The van der Waals surface area contributed by atoms with Crippen molar-refractivity contribution in [3.05, 3.63) is 22.9 Å². The first-order valence-corrected chi connectivity index (χ1v) is 7.35. The minimum Gasteiger partial charge on any atom is -0.352 e. The Morgan fingerprint density at radius 2 is 2.05 bits per heavy atom. The molecular formula is C16H21N3. The maximum Gasteiger partial charge on any atom is 0.147 e. The van der Waals surface area contributed by atoms with Crippen molar-refractivity contribution in [2.45, 2.75) is 52.0 Å². The van der Waals surface area contributed by atoms with E-state index in [9.17, 15) is 5.26 Å². The summed E-state index contributed by atoms with van der Waals surface area (Å²) in [6.45, 7) is 5.11. The average Bonchev–Trinajstić information content (AvgIpc) is 2.81. The lowest BCUT2D eigenvalue weighted by atomic mass is 9.85. The first-order chi connectivity index (χ1) is 9.20. The smallest absolute Gasteiger partial charge is 0.147 e. The van der Waals surface area contributed by atoms with Crippen LogP contribution in [0.3, 0.4) is 0 Å². The molecule has 19 heavy (non-hydrogen) atoms. The number of hydrogen-bond acceptors (Lipinski definition) is 3. The highest BCUT2D eigenvalue weighted by atomic mass is 15.2. The van der Waals surface area contributed by atoms with Gasteiger partial charge in [0, 0.05) is 18.3 Å². The summed E-state index contributed by atoms with van der Waals surface area (Å²) in [5.41, 5.74) is 2.85. The minimum atomic E-state index is 0.620. The standard InChI is InChI=1S/C16H21N3/c1-11-9-12(2)18-16(14(11)10-17)19-8-7-13-5-3-4-6-15(13)19/h9,13,15H,3-8H2,1-2H3. The van der Waals surface area contributed by atoms with Crippen LogP contribution >= 0.6 is 0 Å². The van der Waals surface area contributed by atoms with Crippen LogP contribution in [0.15, 0.2) is 6.07 Å². The van der Waals surface area contributed by atoms with E-state index in [1.165, 1.54) is 32.1 Å². The molecule has 0 N–H and O–H groups in total. The predicted octanol–water partition coefficient (Wildman–Crippen LogP) is 3.34. The molecule has 1 saturated heterocycles. The third-order valence-corrected chi connectivity index (χ3v) is 4.72. The molecule has 3 heteroatoms. The first kappa shape index (κ1) is 12.5. The van der Waals surface area contributed by atoms with Gasteiger partial charge in [0.15, 0.2) is 0 Å². The van der Waals surface area contributed by atoms with Gasteiger partial charge in [-0.15, -0.1) is 0 Å². The second-order valence-electron chi connectivity index (χ2n) is 5.98. The van der Waals surface area contributed by atoms with E-state index in [2.05, 4.69) is 16.0 Å². The number of nitrogens with zero attached hydrogens (tertiary/aromatic N) is 3. The van der Waals surface area contributed by atoms with Gasteiger partial charge in [-0.2, -0.15) is 5.26 Å². The highest BCUT2D eigenvalue weighted by molar-refractivity contribution is 5.59. The van der Waals surface area contributed by atoms with Crippen LogP contribution in [0.1, 0.15) is 48.9 Å². The number of pyridine rings is 1. The summed E-state index contributed by atoms with van der Waals surface area (Å²) in [6, 6.07) is 4.99. The molecule has 2 atom stereocenters. The molecule has 100 valence electrons. The van der Waals surface area contributed by atoms with Crippen LogP contribution in [-0.4, -0.2) is 17.6 Å². The molecule has 0 amide bonds. The Balaban J connectivity index is 2.00. The van der Waals surface area contributed by atoms with Gasteiger partial charge in [0.25, 0.3) is 0 Å². The van der Waals surface area contributed by atoms with Crippen LogP contribution in [0.25, 0.3) is 0 Å². The topological polar surface area (TPSA) is 39.9 Å². The summed E-state index contributed by atoms with van der Waals surface area (Å²) in [5.74, 6) is 1.76. The van der Waals surface area contributed by atoms with Crippen molar-refractivity contribution in [1.82, 2.24) is 4.98 Å². The van der Waals surface area contributed by atoms with Gasteiger partial charge in [0.05, 0.1) is 5.56 Å². The fourth-order valence-corrected chi connectivity index (χ4v) is 3.83. The van der Waals surface area contributed by atoms with E-state index >= 15 is 0 Å². The maximum atomic E-state index is 9.43. The second kappa shape index (κ2) is 4.85. The van der Waals surface area contributed by atoms with Crippen LogP contribution in [0.2, 0.25) is 0 Å². The molecule has 3 rings (SSSR count). The molecule has 2 heterocycles. The van der Waals surface area contributed by atoms with E-state index in [1.807, 2.05) is 19.9 Å². The summed E-state index contributed by atoms with van der Waals surface area (Å²) < 4.78 is 0. The quantitative estimate of drug-likeness (QED) is 0.772. The third kappa shape index (κ3) is 2.10. The van der Waals surface area contributed by atoms with Gasteiger partial charge in [0.2, 0.25) is 0 Å². The Morgan fingerprint density at radius 3 is 2.84 bits per heavy atom. The Labute approximate surface area is 115 Å². The van der Waals surface area contributed by atoms with Crippen molar-refractivity contribution in [2.75, 3.05) is 11.4 Å². The summed E-state index contributed by atoms with van der Waals surface area (Å²) in [4.78, 5) is 7.10. The molecular weight excluding hydrogens is 234 g/mol. The number of nitriles is 1. The lowest BCUT2D eigenvalue weighted by Gasteiger charge is -2.33. The number of fused-ring (bicyclic) bond motifs is 1. The third-order valence-electron chi connectivity index (χ3n) is 4.72.